The zero-order chi connectivity index (χ0) is 46.4. The Kier molecular flexibility index (Phi) is 46.5. The van der Waals surface area contributed by atoms with Crippen molar-refractivity contribution in [2.24, 2.45) is 0 Å². The van der Waals surface area contributed by atoms with Crippen molar-refractivity contribution in [3.8, 4) is 0 Å². The molecular weight excluding hydrogens is 798 g/mol. The van der Waals surface area contributed by atoms with Gasteiger partial charge in [0.1, 0.15) is 6.61 Å². The number of aliphatic hydroxyl groups excluding tert-OH is 1. The van der Waals surface area contributed by atoms with Gasteiger partial charge in [-0.3, -0.25) is 14.2 Å². The van der Waals surface area contributed by atoms with Crippen molar-refractivity contribution in [3.63, 3.8) is 0 Å². The van der Waals surface area contributed by atoms with Gasteiger partial charge in [-0.1, -0.05) is 186 Å². The lowest BCUT2D eigenvalue weighted by molar-refractivity contribution is -0.883. The number of hydrogen-bond acceptors (Lipinski definition) is 6. The summed E-state index contributed by atoms with van der Waals surface area (Å²) in [7, 11) is 1.52. The van der Waals surface area contributed by atoms with Crippen molar-refractivity contribution in [1.29, 1.82) is 0 Å². The van der Waals surface area contributed by atoms with Crippen LogP contribution in [0.2, 0.25) is 0 Å². The lowest BCUT2D eigenvalue weighted by Crippen LogP contribution is -2.44. The van der Waals surface area contributed by atoms with E-state index in [0.717, 1.165) is 64.2 Å². The maximum Gasteiger partial charge on any atom is 0.382 e. The first-order chi connectivity index (χ1) is 29.8. The van der Waals surface area contributed by atoms with E-state index in [0.29, 0.717) is 23.7 Å². The van der Waals surface area contributed by atoms with Crippen LogP contribution in [-0.2, 0) is 23.6 Å². The highest BCUT2D eigenvalue weighted by Gasteiger charge is 2.39. The zero-order valence-corrected chi connectivity index (χ0v) is 42.5. The molecule has 0 rings (SSSR count). The van der Waals surface area contributed by atoms with E-state index < -0.39 is 19.5 Å². The lowest BCUT2D eigenvalue weighted by Gasteiger charge is -2.34. The van der Waals surface area contributed by atoms with Crippen molar-refractivity contribution < 1.29 is 43.0 Å². The highest BCUT2D eigenvalue weighted by Crippen LogP contribution is 2.46. The average molecular weight is 901 g/mol. The number of hydrogen-bond donors (Lipinski definition) is 3. The average Bonchev–Trinajstić information content (AvgIpc) is 3.22. The molecule has 368 valence electrons. The third-order valence-corrected chi connectivity index (χ3v) is 13.3. The van der Waals surface area contributed by atoms with Crippen LogP contribution in [0.4, 0.5) is 0 Å². The summed E-state index contributed by atoms with van der Waals surface area (Å²) in [6.07, 6.45) is 50.3. The second kappa shape index (κ2) is 46.0. The van der Waals surface area contributed by atoms with E-state index >= 15 is 0 Å². The van der Waals surface area contributed by atoms with Crippen molar-refractivity contribution in [2.75, 3.05) is 34.4 Å². The number of nitrogens with zero attached hydrogens (tertiary/aromatic N) is 1. The van der Waals surface area contributed by atoms with E-state index in [2.05, 4.69) is 45.1 Å². The predicted octanol–water partition coefficient (Wildman–Crippen LogP) is 14.8. The molecule has 1 unspecified atom stereocenters. The van der Waals surface area contributed by atoms with Crippen molar-refractivity contribution in [2.45, 2.75) is 264 Å². The number of unbranched alkanes of at least 4 members (excludes halogenated alkanes) is 28. The summed E-state index contributed by atoms with van der Waals surface area (Å²) in [5.74, 6) is -1.16. The lowest BCUT2D eigenvalue weighted by atomic mass is 10.1. The summed E-state index contributed by atoms with van der Waals surface area (Å²) in [6, 6.07) is 0. The number of quaternary nitrogens is 1. The van der Waals surface area contributed by atoms with Gasteiger partial charge < -0.3 is 28.9 Å². The molecule has 0 heterocycles. The van der Waals surface area contributed by atoms with Crippen molar-refractivity contribution in [3.05, 3.63) is 24.3 Å². The fourth-order valence-corrected chi connectivity index (χ4v) is 9.02. The Labute approximate surface area is 383 Å². The van der Waals surface area contributed by atoms with Gasteiger partial charge in [-0.2, -0.15) is 0 Å². The van der Waals surface area contributed by atoms with E-state index in [1.807, 2.05) is 21.1 Å². The molecule has 0 fully saturated rings. The molecule has 0 radical (unpaired) electrons. The first-order valence-corrected chi connectivity index (χ1v) is 27.6. The Morgan fingerprint density at radius 3 is 1.16 bits per heavy atom. The standard InChI is InChI=1S/C43H80O5.C9H22NO3P/c1-3-5-7-9-11-13-15-17-19-20-21-22-24-25-27-29-31-33-35-37-42(45)47-40-41(39-44)48-43(46)38-36-34-32-30-28-26-23-18-16-14-12-10-8-6-4-2;1-5-6-7-8-9(10(2,3)4)14(11,12)13/h17-19,23,41,44H,3-16,20-22,24-40H2,1-2H3;9H,5-8H2,1-4H3,(H-,11,12,13)/p+1/b19-17-,23-18-;/t41-;/m0./s1. The van der Waals surface area contributed by atoms with Crippen molar-refractivity contribution >= 4 is 19.5 Å². The number of ether oxygens (including phenoxy) is 2. The van der Waals surface area contributed by atoms with Gasteiger partial charge in [-0.15, -0.1) is 0 Å². The molecule has 62 heavy (non-hydrogen) atoms. The van der Waals surface area contributed by atoms with Crippen LogP contribution in [0, 0.1) is 0 Å². The molecule has 9 nitrogen and oxygen atoms in total. The fraction of sp³-hybridized carbons (Fsp3) is 0.885. The zero-order valence-electron chi connectivity index (χ0n) is 41.6. The van der Waals surface area contributed by atoms with Crippen LogP contribution in [0.3, 0.4) is 0 Å². The van der Waals surface area contributed by atoms with Gasteiger partial charge >= 0.3 is 19.5 Å². The maximum absolute atomic E-state index is 12.2. The Morgan fingerprint density at radius 2 is 0.823 bits per heavy atom. The third kappa shape index (κ3) is 46.5. The summed E-state index contributed by atoms with van der Waals surface area (Å²) in [5.41, 5.74) is 0. The van der Waals surface area contributed by atoms with Gasteiger partial charge in [0.15, 0.2) is 11.9 Å². The van der Waals surface area contributed by atoms with Crippen LogP contribution in [0.15, 0.2) is 24.3 Å². The SMILES string of the molecule is CCCCCC([N+](C)(C)C)P(=O)(O)O.CCCCCCCC/C=C\CCCCCCCCCCCC(=O)OC[C@H](CO)OC(=O)CCCCCCC/C=C\CCCCCCCC. The van der Waals surface area contributed by atoms with Crippen LogP contribution in [0.5, 0.6) is 0 Å². The summed E-state index contributed by atoms with van der Waals surface area (Å²) in [6.45, 7) is 6.21. The molecule has 0 bridgehead atoms. The molecule has 3 N–H and O–H groups in total. The molecule has 0 aromatic rings. The first kappa shape index (κ1) is 62.6. The predicted molar refractivity (Wildman–Crippen MR) is 263 cm³/mol. The number of allylic oxidation sites excluding steroid dienone is 4. The highest BCUT2D eigenvalue weighted by molar-refractivity contribution is 7.52. The van der Waals surface area contributed by atoms with Crippen LogP contribution in [0.25, 0.3) is 0 Å². The van der Waals surface area contributed by atoms with E-state index in [9.17, 15) is 29.0 Å². The molecule has 0 amide bonds. The fourth-order valence-electron chi connectivity index (χ4n) is 7.60. The number of aliphatic hydroxyl groups is 1. The number of carbonyl (C=O) groups excluding carboxylic acids is 2. The van der Waals surface area contributed by atoms with Gasteiger partial charge in [0.2, 0.25) is 0 Å². The summed E-state index contributed by atoms with van der Waals surface area (Å²) in [5, 5.41) is 9.56. The number of rotatable bonds is 44. The Balaban J connectivity index is 0. The molecule has 0 aromatic heterocycles. The topological polar surface area (TPSA) is 130 Å². The third-order valence-electron chi connectivity index (χ3n) is 11.6. The van der Waals surface area contributed by atoms with Gasteiger partial charge in [-0.05, 0) is 70.6 Å². The number of esters is 2. The maximum atomic E-state index is 12.2. The summed E-state index contributed by atoms with van der Waals surface area (Å²) < 4.78 is 22.2. The number of carbonyl (C=O) groups is 2. The second-order valence-corrected chi connectivity index (χ2v) is 20.5. The van der Waals surface area contributed by atoms with E-state index in [1.165, 1.54) is 148 Å². The molecular formula is C52H103NO8P+. The van der Waals surface area contributed by atoms with Crippen LogP contribution < -0.4 is 0 Å². The molecule has 0 spiro atoms. The van der Waals surface area contributed by atoms with Crippen LogP contribution in [0.1, 0.15) is 252 Å². The molecule has 0 aliphatic carbocycles. The van der Waals surface area contributed by atoms with Gasteiger partial charge in [-0.25, -0.2) is 0 Å². The van der Waals surface area contributed by atoms with Crippen LogP contribution in [-0.4, -0.2) is 77.6 Å². The minimum Gasteiger partial charge on any atom is -0.462 e. The second-order valence-electron chi connectivity index (χ2n) is 18.7. The Bertz CT molecular complexity index is 1090. The van der Waals surface area contributed by atoms with E-state index in [4.69, 9.17) is 9.47 Å². The Morgan fingerprint density at radius 1 is 0.500 bits per heavy atom. The molecule has 0 aromatic carbocycles. The van der Waals surface area contributed by atoms with Crippen molar-refractivity contribution in [1.82, 2.24) is 0 Å². The smallest absolute Gasteiger partial charge is 0.382 e. The van der Waals surface area contributed by atoms with Gasteiger partial charge in [0.05, 0.1) is 27.7 Å². The van der Waals surface area contributed by atoms with Gasteiger partial charge in [0.25, 0.3) is 0 Å². The molecule has 0 aliphatic heterocycles. The molecule has 0 saturated carbocycles. The quantitative estimate of drug-likeness (QED) is 0.0181. The Hall–Kier alpha value is -1.51. The van der Waals surface area contributed by atoms with E-state index in [-0.39, 0.29) is 25.2 Å². The van der Waals surface area contributed by atoms with E-state index in [1.54, 1.807) is 0 Å². The minimum atomic E-state index is -3.97. The summed E-state index contributed by atoms with van der Waals surface area (Å²) in [4.78, 5) is 42.7. The summed E-state index contributed by atoms with van der Waals surface area (Å²) >= 11 is 0. The first-order valence-electron chi connectivity index (χ1n) is 26.0. The normalized spacial score (nSPS) is 13.0. The largest absolute Gasteiger partial charge is 0.462 e. The monoisotopic (exact) mass is 901 g/mol. The van der Waals surface area contributed by atoms with Gasteiger partial charge in [0, 0.05) is 19.3 Å². The molecule has 2 atom stereocenters. The molecule has 0 aliphatic rings. The molecule has 10 heteroatoms. The van der Waals surface area contributed by atoms with Crippen LogP contribution >= 0.6 is 7.60 Å². The molecule has 0 saturated heterocycles. The minimum absolute atomic E-state index is 0.0671. The highest BCUT2D eigenvalue weighted by atomic mass is 31.2.